The van der Waals surface area contributed by atoms with Gasteiger partial charge in [0.2, 0.25) is 0 Å². The van der Waals surface area contributed by atoms with E-state index in [1.807, 2.05) is 22.7 Å². The molecule has 0 fully saturated rings. The van der Waals surface area contributed by atoms with E-state index < -0.39 is 0 Å². The van der Waals surface area contributed by atoms with Crippen LogP contribution < -0.4 is 9.80 Å². The van der Waals surface area contributed by atoms with Crippen molar-refractivity contribution in [2.45, 2.75) is 0 Å². The lowest BCUT2D eigenvalue weighted by Gasteiger charge is -2.26. The van der Waals surface area contributed by atoms with Gasteiger partial charge in [0, 0.05) is 119 Å². The summed E-state index contributed by atoms with van der Waals surface area (Å²) in [5, 5.41) is 10.3. The standard InChI is InChI=1S/2C54H36N2S/c1-4-14-37(15-5-1)38-24-29-44(30-25-38)55(42-16-6-2-7-17-42)45-31-26-39(27-32-45)41-35-48(54-50(36-41)47-21-11-13-23-53(47)57-54)40-28-33-52-49(34-40)46-20-10-12-22-51(46)56(52)43-18-8-3-9-19-43;1-3-13-37(14-4-1)38-23-29-43(30-24-38)55(42-15-5-2-6-16-42)44-31-25-39(26-32-44)41-35-49(54-50(36-41)48-19-9-12-22-53(48)57-54)40-27-33-45(34-28-40)56-51-20-10-7-17-46(51)47-18-8-11-21-52(47)56/h2*1-36H. The minimum atomic E-state index is 1.11. The van der Waals surface area contributed by atoms with Crippen LogP contribution in [-0.4, -0.2) is 9.13 Å². The van der Waals surface area contributed by atoms with E-state index in [4.69, 9.17) is 0 Å². The van der Waals surface area contributed by atoms with Crippen LogP contribution in [0.1, 0.15) is 0 Å². The summed E-state index contributed by atoms with van der Waals surface area (Å²) < 4.78 is 10.0. The molecule has 4 nitrogen and oxygen atoms in total. The summed E-state index contributed by atoms with van der Waals surface area (Å²) in [5.41, 5.74) is 28.5. The zero-order chi connectivity index (χ0) is 75.4. The van der Waals surface area contributed by atoms with Gasteiger partial charge in [-0.05, 0) is 219 Å². The van der Waals surface area contributed by atoms with Gasteiger partial charge in [-0.2, -0.15) is 0 Å². The van der Waals surface area contributed by atoms with Gasteiger partial charge in [0.15, 0.2) is 0 Å². The number of hydrogen-bond donors (Lipinski definition) is 0. The highest BCUT2D eigenvalue weighted by molar-refractivity contribution is 7.26. The maximum absolute atomic E-state index is 2.41. The molecule has 0 bridgehead atoms. The number of anilines is 6. The molecule has 0 radical (unpaired) electrons. The lowest BCUT2D eigenvalue weighted by molar-refractivity contribution is 1.18. The number of thiophene rings is 2. The molecule has 22 rings (SSSR count). The van der Waals surface area contributed by atoms with Crippen LogP contribution in [0.15, 0.2) is 437 Å². The van der Waals surface area contributed by atoms with Crippen LogP contribution in [-0.2, 0) is 0 Å². The Bertz CT molecular complexity index is 7220. The molecule has 4 aromatic heterocycles. The number of aromatic nitrogens is 2. The molecule has 0 aliphatic heterocycles. The van der Waals surface area contributed by atoms with Gasteiger partial charge in [0.1, 0.15) is 0 Å². The molecule has 0 atom stereocenters. The first-order chi connectivity index (χ1) is 56.5. The molecule has 536 valence electrons. The van der Waals surface area contributed by atoms with Gasteiger partial charge in [-0.1, -0.05) is 273 Å². The largest absolute Gasteiger partial charge is 0.311 e. The quantitative estimate of drug-likeness (QED) is 0.108. The molecular formula is C108H72N4S2. The normalized spacial score (nSPS) is 11.5. The third kappa shape index (κ3) is 12.3. The Morgan fingerprint density at radius 1 is 0.167 bits per heavy atom. The molecule has 18 aromatic carbocycles. The average molecular weight is 1490 g/mol. The van der Waals surface area contributed by atoms with Crippen LogP contribution in [0.3, 0.4) is 0 Å². The second kappa shape index (κ2) is 29.1. The minimum Gasteiger partial charge on any atom is -0.311 e. The van der Waals surface area contributed by atoms with E-state index in [-0.39, 0.29) is 0 Å². The SMILES string of the molecule is c1ccc(-c2ccc(N(c3ccccc3)c3ccc(-c4cc(-c5ccc(-n6c7ccccc7c7ccccc76)cc5)c5sc6ccccc6c5c4)cc3)cc2)cc1.c1ccc(-c2ccc(N(c3ccccc3)c3ccc(-c4cc(-c5ccc6c(c5)c5ccccc5n6-c5ccccc5)c5sc6ccccc6c5c4)cc3)cc2)cc1. The Hall–Kier alpha value is -14.4. The van der Waals surface area contributed by atoms with E-state index in [2.05, 4.69) is 456 Å². The fourth-order valence-electron chi connectivity index (χ4n) is 16.9. The van der Waals surface area contributed by atoms with Crippen molar-refractivity contribution >= 4 is 141 Å². The Kier molecular flexibility index (Phi) is 17.3. The summed E-state index contributed by atoms with van der Waals surface area (Å²) in [6.45, 7) is 0. The molecule has 0 aliphatic carbocycles. The maximum atomic E-state index is 2.41. The molecule has 0 amide bonds. The van der Waals surface area contributed by atoms with E-state index in [1.165, 1.54) is 156 Å². The third-order valence-electron chi connectivity index (χ3n) is 22.4. The van der Waals surface area contributed by atoms with Crippen LogP contribution in [0, 0.1) is 0 Å². The van der Waals surface area contributed by atoms with Crippen molar-refractivity contribution in [1.29, 1.82) is 0 Å². The van der Waals surface area contributed by atoms with Crippen LogP contribution >= 0.6 is 22.7 Å². The second-order valence-corrected chi connectivity index (χ2v) is 31.2. The van der Waals surface area contributed by atoms with Crippen LogP contribution in [0.4, 0.5) is 34.1 Å². The number of para-hydroxylation sites is 6. The predicted molar refractivity (Wildman–Crippen MR) is 489 cm³/mol. The van der Waals surface area contributed by atoms with E-state index in [0.29, 0.717) is 0 Å². The van der Waals surface area contributed by atoms with Crippen molar-refractivity contribution in [3.8, 4) is 78.1 Å². The Morgan fingerprint density at radius 3 is 0.851 bits per heavy atom. The zero-order valence-electron chi connectivity index (χ0n) is 62.2. The van der Waals surface area contributed by atoms with E-state index in [0.717, 1.165) is 39.8 Å². The van der Waals surface area contributed by atoms with E-state index in [1.54, 1.807) is 0 Å². The molecule has 6 heteroatoms. The fourth-order valence-corrected chi connectivity index (χ4v) is 19.4. The third-order valence-corrected chi connectivity index (χ3v) is 24.8. The molecule has 0 aliphatic rings. The van der Waals surface area contributed by atoms with Crippen molar-refractivity contribution in [2.24, 2.45) is 0 Å². The number of nitrogens with zero attached hydrogens (tertiary/aromatic N) is 4. The first-order valence-corrected chi connectivity index (χ1v) is 40.5. The zero-order valence-corrected chi connectivity index (χ0v) is 63.8. The summed E-state index contributed by atoms with van der Waals surface area (Å²) in [7, 11) is 0. The number of rotatable bonds is 14. The molecule has 0 unspecified atom stereocenters. The van der Waals surface area contributed by atoms with Crippen molar-refractivity contribution in [2.75, 3.05) is 9.80 Å². The predicted octanol–water partition coefficient (Wildman–Crippen LogP) is 31.2. The molecule has 0 saturated heterocycles. The first kappa shape index (κ1) is 67.7. The lowest BCUT2D eigenvalue weighted by atomic mass is 9.95. The summed E-state index contributed by atoms with van der Waals surface area (Å²) in [4.78, 5) is 4.67. The van der Waals surface area contributed by atoms with E-state index >= 15 is 0 Å². The topological polar surface area (TPSA) is 16.3 Å². The highest BCUT2D eigenvalue weighted by atomic mass is 32.1. The summed E-state index contributed by atoms with van der Waals surface area (Å²) in [5.74, 6) is 0. The van der Waals surface area contributed by atoms with Gasteiger partial charge in [0.25, 0.3) is 0 Å². The van der Waals surface area contributed by atoms with Crippen LogP contribution in [0.5, 0.6) is 0 Å². The van der Waals surface area contributed by atoms with Crippen molar-refractivity contribution < 1.29 is 0 Å². The highest BCUT2D eigenvalue weighted by Crippen LogP contribution is 2.48. The van der Waals surface area contributed by atoms with Gasteiger partial charge in [-0.3, -0.25) is 0 Å². The average Bonchev–Trinajstić information content (AvgIpc) is 1.59. The van der Waals surface area contributed by atoms with Crippen molar-refractivity contribution in [3.63, 3.8) is 0 Å². The highest BCUT2D eigenvalue weighted by Gasteiger charge is 2.22. The minimum absolute atomic E-state index is 1.11. The van der Waals surface area contributed by atoms with Crippen molar-refractivity contribution in [1.82, 2.24) is 9.13 Å². The summed E-state index contributed by atoms with van der Waals surface area (Å²) >= 11 is 3.77. The van der Waals surface area contributed by atoms with Crippen molar-refractivity contribution in [3.05, 3.63) is 437 Å². The second-order valence-electron chi connectivity index (χ2n) is 29.1. The van der Waals surface area contributed by atoms with Gasteiger partial charge in [-0.25, -0.2) is 0 Å². The Balaban J connectivity index is 0.000000143. The number of benzene rings is 18. The fraction of sp³-hybridized carbons (Fsp3) is 0. The van der Waals surface area contributed by atoms with Gasteiger partial charge >= 0.3 is 0 Å². The van der Waals surface area contributed by atoms with Gasteiger partial charge in [-0.15, -0.1) is 22.7 Å². The molecule has 114 heavy (non-hydrogen) atoms. The molecule has 0 spiro atoms. The first-order valence-electron chi connectivity index (χ1n) is 38.8. The number of hydrogen-bond acceptors (Lipinski definition) is 4. The smallest absolute Gasteiger partial charge is 0.0541 e. The van der Waals surface area contributed by atoms with Gasteiger partial charge < -0.3 is 18.9 Å². The molecular weight excluding hydrogens is 1420 g/mol. The Labute approximate surface area is 669 Å². The summed E-state index contributed by atoms with van der Waals surface area (Å²) in [6.07, 6.45) is 0. The number of fused-ring (bicyclic) bond motifs is 12. The summed E-state index contributed by atoms with van der Waals surface area (Å²) in [6, 6.07) is 158. The monoisotopic (exact) mass is 1490 g/mol. The lowest BCUT2D eigenvalue weighted by Crippen LogP contribution is -2.09. The molecule has 22 aromatic rings. The molecule has 0 N–H and O–H groups in total. The van der Waals surface area contributed by atoms with Crippen LogP contribution in [0.2, 0.25) is 0 Å². The Morgan fingerprint density at radius 2 is 0.439 bits per heavy atom. The van der Waals surface area contributed by atoms with E-state index in [9.17, 15) is 0 Å². The van der Waals surface area contributed by atoms with Gasteiger partial charge in [0.05, 0.1) is 22.1 Å². The maximum Gasteiger partial charge on any atom is 0.0541 e. The van der Waals surface area contributed by atoms with Crippen LogP contribution in [0.25, 0.3) is 162 Å². The molecule has 4 heterocycles. The molecule has 0 saturated carbocycles.